The van der Waals surface area contributed by atoms with Gasteiger partial charge in [0.15, 0.2) is 5.16 Å². The van der Waals surface area contributed by atoms with Gasteiger partial charge < -0.3 is 15.2 Å². The fraction of sp³-hybridized carbons (Fsp3) is 0.667. The second kappa shape index (κ2) is 8.19. The quantitative estimate of drug-likeness (QED) is 0.322. The van der Waals surface area contributed by atoms with Gasteiger partial charge in [-0.1, -0.05) is 11.8 Å². The van der Waals surface area contributed by atoms with Gasteiger partial charge in [0.1, 0.15) is 11.6 Å². The van der Waals surface area contributed by atoms with Crippen molar-refractivity contribution in [2.75, 3.05) is 50.3 Å². The van der Waals surface area contributed by atoms with Crippen LogP contribution in [-0.4, -0.2) is 54.9 Å². The Morgan fingerprint density at radius 1 is 1.32 bits per heavy atom. The van der Waals surface area contributed by atoms with Crippen molar-refractivity contribution in [1.29, 1.82) is 0 Å². The third-order valence-corrected chi connectivity index (χ3v) is 3.31. The summed E-state index contributed by atoms with van der Waals surface area (Å²) < 4.78 is 0. The zero-order chi connectivity index (χ0) is 14.3. The number of nitrogen functional groups attached to an aromatic ring is 1. The highest BCUT2D eigenvalue weighted by molar-refractivity contribution is 7.98. The number of hydrogen-bond acceptors (Lipinski definition) is 7. The molecular weight excluding hydrogens is 260 g/mol. The summed E-state index contributed by atoms with van der Waals surface area (Å²) in [5.41, 5.74) is 2.60. The molecule has 0 spiro atoms. The zero-order valence-corrected chi connectivity index (χ0v) is 13.0. The largest absolute Gasteiger partial charge is 0.357 e. The van der Waals surface area contributed by atoms with Crippen molar-refractivity contribution in [3.63, 3.8) is 0 Å². The molecule has 0 unspecified atom stereocenters. The number of hydrogen-bond donors (Lipinski definition) is 2. The molecule has 0 aromatic carbocycles. The first-order valence-electron chi connectivity index (χ1n) is 6.40. The van der Waals surface area contributed by atoms with Crippen LogP contribution in [-0.2, 0) is 0 Å². The molecule has 0 aliphatic rings. The minimum Gasteiger partial charge on any atom is -0.357 e. The molecule has 0 aliphatic heterocycles. The van der Waals surface area contributed by atoms with Crippen LogP contribution in [0.5, 0.6) is 0 Å². The van der Waals surface area contributed by atoms with E-state index in [-0.39, 0.29) is 0 Å². The third-order valence-electron chi connectivity index (χ3n) is 2.76. The van der Waals surface area contributed by atoms with E-state index in [1.165, 1.54) is 11.8 Å². The van der Waals surface area contributed by atoms with E-state index in [0.717, 1.165) is 37.0 Å². The van der Waals surface area contributed by atoms with Crippen molar-refractivity contribution in [3.8, 4) is 0 Å². The van der Waals surface area contributed by atoms with Crippen molar-refractivity contribution >= 4 is 23.4 Å². The molecule has 1 aromatic rings. The Morgan fingerprint density at radius 3 is 2.58 bits per heavy atom. The number of thioether (sulfide) groups is 1. The summed E-state index contributed by atoms with van der Waals surface area (Å²) in [5, 5.41) is 0.733. The molecule has 1 heterocycles. The van der Waals surface area contributed by atoms with Crippen molar-refractivity contribution < 1.29 is 0 Å². The van der Waals surface area contributed by atoms with Gasteiger partial charge in [0, 0.05) is 19.2 Å². The zero-order valence-electron chi connectivity index (χ0n) is 12.2. The van der Waals surface area contributed by atoms with Crippen LogP contribution in [0.3, 0.4) is 0 Å². The van der Waals surface area contributed by atoms with Crippen LogP contribution < -0.4 is 16.2 Å². The lowest BCUT2D eigenvalue weighted by atomic mass is 10.3. The maximum Gasteiger partial charge on any atom is 0.191 e. The minimum absolute atomic E-state index is 0.653. The second-order valence-corrected chi connectivity index (χ2v) is 5.25. The van der Waals surface area contributed by atoms with E-state index in [1.807, 2.05) is 12.3 Å². The van der Waals surface area contributed by atoms with Crippen molar-refractivity contribution in [2.24, 2.45) is 5.84 Å². The summed E-state index contributed by atoms with van der Waals surface area (Å²) in [4.78, 5) is 13.2. The monoisotopic (exact) mass is 284 g/mol. The Labute approximate surface area is 119 Å². The summed E-state index contributed by atoms with van der Waals surface area (Å²) in [6, 6.07) is 1.89. The molecule has 0 atom stereocenters. The van der Waals surface area contributed by atoms with Crippen LogP contribution in [0.1, 0.15) is 13.3 Å². The highest BCUT2D eigenvalue weighted by atomic mass is 32.2. The van der Waals surface area contributed by atoms with Gasteiger partial charge in [0.25, 0.3) is 0 Å². The summed E-state index contributed by atoms with van der Waals surface area (Å²) in [5.74, 6) is 7.03. The van der Waals surface area contributed by atoms with Gasteiger partial charge in [-0.25, -0.2) is 15.8 Å². The van der Waals surface area contributed by atoms with Gasteiger partial charge in [-0.15, -0.1) is 0 Å². The van der Waals surface area contributed by atoms with E-state index < -0.39 is 0 Å². The number of nitrogens with two attached hydrogens (primary N) is 1. The third kappa shape index (κ3) is 5.22. The molecule has 108 valence electrons. The molecule has 0 amide bonds. The summed E-state index contributed by atoms with van der Waals surface area (Å²) in [7, 11) is 4.17. The molecule has 0 saturated heterocycles. The molecule has 7 heteroatoms. The SMILES string of the molecule is CCN(CCCN(C)C)c1cc(NN)nc(SC)n1. The van der Waals surface area contributed by atoms with E-state index in [2.05, 4.69) is 46.2 Å². The fourth-order valence-corrected chi connectivity index (χ4v) is 2.13. The molecule has 19 heavy (non-hydrogen) atoms. The van der Waals surface area contributed by atoms with Crippen molar-refractivity contribution in [1.82, 2.24) is 14.9 Å². The highest BCUT2D eigenvalue weighted by Crippen LogP contribution is 2.20. The maximum absolute atomic E-state index is 5.45. The molecule has 1 rings (SSSR count). The molecule has 6 nitrogen and oxygen atoms in total. The van der Waals surface area contributed by atoms with E-state index in [1.54, 1.807) is 0 Å². The molecule has 0 radical (unpaired) electrons. The van der Waals surface area contributed by atoms with Gasteiger partial charge in [-0.3, -0.25) is 0 Å². The fourth-order valence-electron chi connectivity index (χ4n) is 1.75. The highest BCUT2D eigenvalue weighted by Gasteiger charge is 2.10. The normalized spacial score (nSPS) is 10.8. The first-order valence-corrected chi connectivity index (χ1v) is 7.62. The van der Waals surface area contributed by atoms with Gasteiger partial charge in [0.2, 0.25) is 0 Å². The molecule has 3 N–H and O–H groups in total. The number of rotatable bonds is 8. The predicted octanol–water partition coefficient (Wildman–Crippen LogP) is 1.26. The topological polar surface area (TPSA) is 70.3 Å². The Balaban J connectivity index is 2.78. The van der Waals surface area contributed by atoms with Crippen LogP contribution in [0.15, 0.2) is 11.2 Å². The van der Waals surface area contributed by atoms with E-state index in [9.17, 15) is 0 Å². The summed E-state index contributed by atoms with van der Waals surface area (Å²) >= 11 is 1.52. The van der Waals surface area contributed by atoms with Gasteiger partial charge >= 0.3 is 0 Å². The lowest BCUT2D eigenvalue weighted by Crippen LogP contribution is -2.28. The van der Waals surface area contributed by atoms with Crippen LogP contribution in [0.2, 0.25) is 0 Å². The average molecular weight is 284 g/mol. The smallest absolute Gasteiger partial charge is 0.191 e. The van der Waals surface area contributed by atoms with Gasteiger partial charge in [-0.05, 0) is 40.2 Å². The lowest BCUT2D eigenvalue weighted by Gasteiger charge is -2.23. The van der Waals surface area contributed by atoms with Crippen LogP contribution in [0.4, 0.5) is 11.6 Å². The number of hydrazine groups is 1. The van der Waals surface area contributed by atoms with Gasteiger partial charge in [0.05, 0.1) is 0 Å². The number of nitrogens with one attached hydrogen (secondary N) is 1. The molecular formula is C12H24N6S. The van der Waals surface area contributed by atoms with Gasteiger partial charge in [-0.2, -0.15) is 0 Å². The van der Waals surface area contributed by atoms with Crippen molar-refractivity contribution in [3.05, 3.63) is 6.07 Å². The molecule has 0 saturated carbocycles. The molecule has 0 fully saturated rings. The lowest BCUT2D eigenvalue weighted by molar-refractivity contribution is 0.400. The van der Waals surface area contributed by atoms with Crippen LogP contribution in [0, 0.1) is 0 Å². The summed E-state index contributed by atoms with van der Waals surface area (Å²) in [6.45, 7) is 5.09. The first kappa shape index (κ1) is 16.0. The Hall–Kier alpha value is -1.05. The Bertz CT molecular complexity index is 362. The second-order valence-electron chi connectivity index (χ2n) is 4.48. The van der Waals surface area contributed by atoms with E-state index >= 15 is 0 Å². The maximum atomic E-state index is 5.45. The minimum atomic E-state index is 0.653. The standard InChI is InChI=1S/C12H24N6S/c1-5-18(8-6-7-17(2)3)11-9-10(16-13)14-12(15-11)19-4/h9H,5-8,13H2,1-4H3,(H,14,15,16). The predicted molar refractivity (Wildman–Crippen MR) is 82.7 cm³/mol. The van der Waals surface area contributed by atoms with E-state index in [4.69, 9.17) is 5.84 Å². The summed E-state index contributed by atoms with van der Waals surface area (Å²) in [6.07, 6.45) is 3.06. The molecule has 0 bridgehead atoms. The molecule has 1 aromatic heterocycles. The first-order chi connectivity index (χ1) is 9.10. The number of nitrogens with zero attached hydrogens (tertiary/aromatic N) is 4. The van der Waals surface area contributed by atoms with Crippen LogP contribution >= 0.6 is 11.8 Å². The van der Waals surface area contributed by atoms with Crippen LogP contribution in [0.25, 0.3) is 0 Å². The Morgan fingerprint density at radius 2 is 2.05 bits per heavy atom. The molecule has 0 aliphatic carbocycles. The number of anilines is 2. The average Bonchev–Trinajstić information content (AvgIpc) is 2.42. The number of aromatic nitrogens is 2. The Kier molecular flexibility index (Phi) is 6.90. The van der Waals surface area contributed by atoms with Crippen molar-refractivity contribution in [2.45, 2.75) is 18.5 Å². The van der Waals surface area contributed by atoms with E-state index in [0.29, 0.717) is 5.82 Å².